The Labute approximate surface area is 44.4 Å². The van der Waals surface area contributed by atoms with E-state index in [1.807, 2.05) is 0 Å². The molecule has 7 heavy (non-hydrogen) atoms. The second kappa shape index (κ2) is 2.34. The van der Waals surface area contributed by atoms with Crippen molar-refractivity contribution >= 4 is 7.56 Å². The van der Waals surface area contributed by atoms with Crippen LogP contribution in [0, 0.1) is 0 Å². The first-order valence-corrected chi connectivity index (χ1v) is 2.87. The Balaban J connectivity index is 2.14. The lowest BCUT2D eigenvalue weighted by atomic mass is 9.82. The predicted molar refractivity (Wildman–Crippen MR) is 29.1 cm³/mol. The lowest BCUT2D eigenvalue weighted by molar-refractivity contribution is 0.763. The average Bonchev–Trinajstić information content (AvgIpc) is 2.14. The highest BCUT2D eigenvalue weighted by Gasteiger charge is 2.15. The first-order valence-electron chi connectivity index (χ1n) is 2.87. The van der Waals surface area contributed by atoms with E-state index in [-0.39, 0.29) is 0 Å². The van der Waals surface area contributed by atoms with Crippen LogP contribution in [0.4, 0.5) is 4.32 Å². The highest BCUT2D eigenvalue weighted by Crippen LogP contribution is 2.28. The summed E-state index contributed by atoms with van der Waals surface area (Å²) in [6.07, 6.45) is 4.61. The Bertz CT molecular complexity index is 50.0. The van der Waals surface area contributed by atoms with Crippen LogP contribution >= 0.6 is 0 Å². The fourth-order valence-electron chi connectivity index (χ4n) is 1.08. The molecule has 39 valence electrons. The van der Waals surface area contributed by atoms with Gasteiger partial charge in [-0.25, -0.2) is 0 Å². The molecular formula is C5H9BF. The van der Waals surface area contributed by atoms with Gasteiger partial charge in [0.2, 0.25) is 0 Å². The van der Waals surface area contributed by atoms with E-state index >= 15 is 0 Å². The van der Waals surface area contributed by atoms with Gasteiger partial charge in [0.25, 0.3) is 0 Å². The van der Waals surface area contributed by atoms with Crippen LogP contribution in [0.5, 0.6) is 0 Å². The van der Waals surface area contributed by atoms with Crippen LogP contribution in [-0.2, 0) is 0 Å². The van der Waals surface area contributed by atoms with Crippen LogP contribution in [0.1, 0.15) is 25.7 Å². The predicted octanol–water partition coefficient (Wildman–Crippen LogP) is 1.94. The van der Waals surface area contributed by atoms with Gasteiger partial charge in [-0.05, 0) is 5.82 Å². The van der Waals surface area contributed by atoms with Crippen molar-refractivity contribution in [3.8, 4) is 0 Å². The minimum atomic E-state index is 0.306. The molecule has 0 bridgehead atoms. The Hall–Kier alpha value is -0.00506. The molecule has 0 spiro atoms. The molecule has 0 atom stereocenters. The maximum absolute atomic E-state index is 11.6. The highest BCUT2D eigenvalue weighted by atomic mass is 19.1. The minimum absolute atomic E-state index is 0.306. The van der Waals surface area contributed by atoms with Gasteiger partial charge in [0.15, 0.2) is 0 Å². The van der Waals surface area contributed by atoms with E-state index < -0.39 is 0 Å². The molecule has 0 amide bonds. The third kappa shape index (κ3) is 1.18. The highest BCUT2D eigenvalue weighted by molar-refractivity contribution is 6.28. The number of hydrogen-bond donors (Lipinski definition) is 0. The molecule has 1 aliphatic carbocycles. The Morgan fingerprint density at radius 2 is 1.86 bits per heavy atom. The number of rotatable bonds is 1. The molecule has 0 aromatic rings. The van der Waals surface area contributed by atoms with E-state index in [4.69, 9.17) is 0 Å². The molecule has 2 heteroatoms. The van der Waals surface area contributed by atoms with Crippen LogP contribution in [-0.4, -0.2) is 7.56 Å². The maximum atomic E-state index is 11.6. The van der Waals surface area contributed by atoms with Crippen LogP contribution < -0.4 is 0 Å². The van der Waals surface area contributed by atoms with Crippen molar-refractivity contribution in [2.24, 2.45) is 0 Å². The quantitative estimate of drug-likeness (QED) is 0.440. The maximum Gasteiger partial charge on any atom is 0.357 e. The zero-order valence-electron chi connectivity index (χ0n) is 4.36. The van der Waals surface area contributed by atoms with Crippen LogP contribution in [0.3, 0.4) is 0 Å². The van der Waals surface area contributed by atoms with E-state index in [0.29, 0.717) is 5.82 Å². The van der Waals surface area contributed by atoms with Crippen molar-refractivity contribution in [2.75, 3.05) is 0 Å². The molecule has 0 saturated heterocycles. The summed E-state index contributed by atoms with van der Waals surface area (Å²) in [7, 11) is 0.840. The van der Waals surface area contributed by atoms with Gasteiger partial charge < -0.3 is 4.32 Å². The molecule has 1 saturated carbocycles. The summed E-state index contributed by atoms with van der Waals surface area (Å²) >= 11 is 0. The van der Waals surface area contributed by atoms with Gasteiger partial charge in [-0.2, -0.15) is 0 Å². The van der Waals surface area contributed by atoms with Crippen molar-refractivity contribution < 1.29 is 4.32 Å². The van der Waals surface area contributed by atoms with Crippen LogP contribution in [0.15, 0.2) is 0 Å². The average molecular weight is 98.9 g/mol. The Morgan fingerprint density at radius 1 is 1.29 bits per heavy atom. The lowest BCUT2D eigenvalue weighted by Crippen LogP contribution is -1.89. The molecule has 1 radical (unpaired) electrons. The fraction of sp³-hybridized carbons (Fsp3) is 1.00. The summed E-state index contributed by atoms with van der Waals surface area (Å²) in [6, 6.07) is 0. The van der Waals surface area contributed by atoms with Gasteiger partial charge in [-0.1, -0.05) is 25.7 Å². The van der Waals surface area contributed by atoms with Crippen molar-refractivity contribution in [1.82, 2.24) is 0 Å². The van der Waals surface area contributed by atoms with Crippen molar-refractivity contribution in [3.63, 3.8) is 0 Å². The SMILES string of the molecule is F[B]C1CCCC1. The first kappa shape index (κ1) is 5.14. The lowest BCUT2D eigenvalue weighted by Gasteiger charge is -1.94. The standard InChI is InChI=1S/C5H9BF/c7-6-5-3-1-2-4-5/h5H,1-4H2. The Morgan fingerprint density at radius 3 is 2.14 bits per heavy atom. The molecular weight excluding hydrogens is 89.9 g/mol. The normalized spacial score (nSPS) is 23.0. The molecule has 1 aliphatic rings. The summed E-state index contributed by atoms with van der Waals surface area (Å²) in [5.74, 6) is 0.306. The minimum Gasteiger partial charge on any atom is -0.342 e. The van der Waals surface area contributed by atoms with E-state index in [1.54, 1.807) is 0 Å². The molecule has 0 aromatic carbocycles. The second-order valence-corrected chi connectivity index (χ2v) is 2.17. The molecule has 0 nitrogen and oxygen atoms in total. The first-order chi connectivity index (χ1) is 3.43. The summed E-state index contributed by atoms with van der Waals surface area (Å²) in [4.78, 5) is 0. The smallest absolute Gasteiger partial charge is 0.342 e. The zero-order valence-corrected chi connectivity index (χ0v) is 4.36. The van der Waals surface area contributed by atoms with Gasteiger partial charge >= 0.3 is 7.56 Å². The number of halogens is 1. The van der Waals surface area contributed by atoms with E-state index in [9.17, 15) is 4.32 Å². The summed E-state index contributed by atoms with van der Waals surface area (Å²) in [6.45, 7) is 0. The molecule has 0 aliphatic heterocycles. The van der Waals surface area contributed by atoms with Gasteiger partial charge in [-0.15, -0.1) is 0 Å². The number of hydrogen-bond acceptors (Lipinski definition) is 0. The summed E-state index contributed by atoms with van der Waals surface area (Å²) in [5.41, 5.74) is 0. The third-order valence-electron chi connectivity index (χ3n) is 1.58. The fourth-order valence-corrected chi connectivity index (χ4v) is 1.08. The molecule has 0 N–H and O–H groups in total. The van der Waals surface area contributed by atoms with Crippen molar-refractivity contribution in [2.45, 2.75) is 31.5 Å². The van der Waals surface area contributed by atoms with Crippen LogP contribution in [0.2, 0.25) is 5.82 Å². The van der Waals surface area contributed by atoms with E-state index in [1.165, 1.54) is 12.8 Å². The molecule has 1 fully saturated rings. The van der Waals surface area contributed by atoms with Gasteiger partial charge in [-0.3, -0.25) is 0 Å². The zero-order chi connectivity index (χ0) is 5.11. The summed E-state index contributed by atoms with van der Waals surface area (Å²) < 4.78 is 11.6. The topological polar surface area (TPSA) is 0 Å². The van der Waals surface area contributed by atoms with E-state index in [2.05, 4.69) is 0 Å². The van der Waals surface area contributed by atoms with Crippen molar-refractivity contribution in [3.05, 3.63) is 0 Å². The molecule has 1 rings (SSSR count). The van der Waals surface area contributed by atoms with Crippen molar-refractivity contribution in [1.29, 1.82) is 0 Å². The van der Waals surface area contributed by atoms with Crippen LogP contribution in [0.25, 0.3) is 0 Å². The third-order valence-corrected chi connectivity index (χ3v) is 1.58. The van der Waals surface area contributed by atoms with Gasteiger partial charge in [0, 0.05) is 0 Å². The largest absolute Gasteiger partial charge is 0.357 e. The molecule has 0 aromatic heterocycles. The van der Waals surface area contributed by atoms with Gasteiger partial charge in [0.1, 0.15) is 0 Å². The molecule has 0 heterocycles. The van der Waals surface area contributed by atoms with Gasteiger partial charge in [0.05, 0.1) is 0 Å². The van der Waals surface area contributed by atoms with E-state index in [0.717, 1.165) is 20.4 Å². The second-order valence-electron chi connectivity index (χ2n) is 2.17. The summed E-state index contributed by atoms with van der Waals surface area (Å²) in [5, 5.41) is 0. The molecule has 0 unspecified atom stereocenters. The Kier molecular flexibility index (Phi) is 1.72. The monoisotopic (exact) mass is 99.1 g/mol.